The van der Waals surface area contributed by atoms with Crippen LogP contribution in [-0.2, 0) is 0 Å². The molecule has 4 atom stereocenters. The van der Waals surface area contributed by atoms with E-state index in [0.29, 0.717) is 35.3 Å². The number of aliphatic hydroxyl groups excluding tert-OH is 1. The number of oxazole rings is 1. The van der Waals surface area contributed by atoms with Gasteiger partial charge in [0.2, 0.25) is 0 Å². The Bertz CT molecular complexity index is 699. The third-order valence-electron chi connectivity index (χ3n) is 5.31. The van der Waals surface area contributed by atoms with Crippen molar-refractivity contribution in [2.75, 3.05) is 11.9 Å². The number of rotatable bonds is 2. The molecule has 0 radical (unpaired) electrons. The van der Waals surface area contributed by atoms with Gasteiger partial charge in [-0.1, -0.05) is 0 Å². The molecular formula is C16H22N4O2. The highest BCUT2D eigenvalue weighted by Gasteiger charge is 2.42. The maximum atomic E-state index is 9.80. The average molecular weight is 302 g/mol. The fraction of sp³-hybridized carbons (Fsp3) is 0.688. The van der Waals surface area contributed by atoms with Gasteiger partial charge in [-0.3, -0.25) is 0 Å². The van der Waals surface area contributed by atoms with Crippen LogP contribution in [0.25, 0.3) is 11.2 Å². The fourth-order valence-corrected chi connectivity index (χ4v) is 4.30. The minimum Gasteiger partial charge on any atom is -0.422 e. The Morgan fingerprint density at radius 3 is 2.41 bits per heavy atom. The van der Waals surface area contributed by atoms with Crippen LogP contribution in [0.1, 0.15) is 37.4 Å². The van der Waals surface area contributed by atoms with Crippen LogP contribution < -0.4 is 4.90 Å². The molecule has 1 N–H and O–H groups in total. The zero-order valence-electron chi connectivity index (χ0n) is 13.3. The van der Waals surface area contributed by atoms with E-state index in [1.165, 1.54) is 0 Å². The molecule has 2 fully saturated rings. The summed E-state index contributed by atoms with van der Waals surface area (Å²) in [5.74, 6) is 3.50. The van der Waals surface area contributed by atoms with Gasteiger partial charge in [0, 0.05) is 20.0 Å². The van der Waals surface area contributed by atoms with E-state index < -0.39 is 0 Å². The van der Waals surface area contributed by atoms with Crippen LogP contribution in [0.3, 0.4) is 0 Å². The van der Waals surface area contributed by atoms with Gasteiger partial charge in [-0.05, 0) is 44.4 Å². The highest BCUT2D eigenvalue weighted by atomic mass is 16.4. The third-order valence-corrected chi connectivity index (χ3v) is 5.31. The Kier molecular flexibility index (Phi) is 3.11. The van der Waals surface area contributed by atoms with Gasteiger partial charge < -0.3 is 14.4 Å². The third kappa shape index (κ3) is 2.17. The molecule has 0 aromatic carbocycles. The van der Waals surface area contributed by atoms with Gasteiger partial charge in [-0.25, -0.2) is 9.97 Å². The lowest BCUT2D eigenvalue weighted by Crippen LogP contribution is -2.31. The van der Waals surface area contributed by atoms with Gasteiger partial charge in [0.1, 0.15) is 5.82 Å². The fourth-order valence-electron chi connectivity index (χ4n) is 4.30. The van der Waals surface area contributed by atoms with Crippen molar-refractivity contribution < 1.29 is 9.52 Å². The number of nitrogens with zero attached hydrogens (tertiary/aromatic N) is 4. The number of fused-ring (bicyclic) bond motifs is 2. The minimum absolute atomic E-state index is 0.0903. The lowest BCUT2D eigenvalue weighted by atomic mass is 10.0. The van der Waals surface area contributed by atoms with Gasteiger partial charge in [0.15, 0.2) is 17.2 Å². The van der Waals surface area contributed by atoms with Crippen LogP contribution in [0.15, 0.2) is 4.42 Å². The number of aromatic nitrogens is 3. The topological polar surface area (TPSA) is 75.3 Å². The highest BCUT2D eigenvalue weighted by molar-refractivity contribution is 5.82. The van der Waals surface area contributed by atoms with Crippen LogP contribution in [0, 0.1) is 25.7 Å². The van der Waals surface area contributed by atoms with Crippen LogP contribution in [0.2, 0.25) is 0 Å². The maximum absolute atomic E-state index is 9.80. The number of hydrogen-bond donors (Lipinski definition) is 1. The Morgan fingerprint density at radius 2 is 1.73 bits per heavy atom. The molecule has 2 aromatic heterocycles. The summed E-state index contributed by atoms with van der Waals surface area (Å²) in [6.07, 6.45) is 4.07. The summed E-state index contributed by atoms with van der Waals surface area (Å²) in [6, 6.07) is 0.456. The average Bonchev–Trinajstić information content (AvgIpc) is 3.08. The van der Waals surface area contributed by atoms with E-state index in [0.717, 1.165) is 37.0 Å². The summed E-state index contributed by atoms with van der Waals surface area (Å²) >= 11 is 0. The first-order valence-corrected chi connectivity index (χ1v) is 8.04. The zero-order valence-corrected chi connectivity index (χ0v) is 13.3. The monoisotopic (exact) mass is 302 g/mol. The SMILES string of the molecule is Cc1nc(N(C)C2C[C@H]3CC(O)C[C@H]3C2)c2nc(C)oc2n1. The number of aryl methyl sites for hydroxylation is 2. The molecule has 0 aliphatic heterocycles. The standard InChI is InChI=1S/C16H22N4O2/c1-8-17-15(14-16(18-8)22-9(2)19-14)20(3)12-4-10-6-13(21)7-11(10)5-12/h10-13,21H,4-7H2,1-3H3/t10-,11+,12?,13?. The second-order valence-corrected chi connectivity index (χ2v) is 6.86. The predicted molar refractivity (Wildman–Crippen MR) is 82.7 cm³/mol. The molecule has 0 saturated heterocycles. The highest BCUT2D eigenvalue weighted by Crippen LogP contribution is 2.46. The van der Waals surface area contributed by atoms with Gasteiger partial charge in [-0.2, -0.15) is 4.98 Å². The smallest absolute Gasteiger partial charge is 0.252 e. The van der Waals surface area contributed by atoms with Crippen LogP contribution in [-0.4, -0.2) is 39.3 Å². The number of hydrogen-bond acceptors (Lipinski definition) is 6. The van der Waals surface area contributed by atoms with Crippen molar-refractivity contribution in [3.63, 3.8) is 0 Å². The first kappa shape index (κ1) is 13.9. The normalized spacial score (nSPS) is 30.9. The molecule has 0 amide bonds. The van der Waals surface area contributed by atoms with Gasteiger partial charge in [-0.15, -0.1) is 0 Å². The van der Waals surface area contributed by atoms with E-state index in [-0.39, 0.29) is 6.10 Å². The van der Waals surface area contributed by atoms with Crippen molar-refractivity contribution in [2.24, 2.45) is 11.8 Å². The number of anilines is 1. The summed E-state index contributed by atoms with van der Waals surface area (Å²) in [6.45, 7) is 3.72. The maximum Gasteiger partial charge on any atom is 0.252 e. The lowest BCUT2D eigenvalue weighted by molar-refractivity contribution is 0.171. The van der Waals surface area contributed by atoms with Crippen molar-refractivity contribution in [2.45, 2.75) is 51.7 Å². The molecule has 2 heterocycles. The molecule has 2 unspecified atom stereocenters. The van der Waals surface area contributed by atoms with Gasteiger partial charge in [0.25, 0.3) is 5.71 Å². The minimum atomic E-state index is -0.0903. The van der Waals surface area contributed by atoms with E-state index in [9.17, 15) is 5.11 Å². The molecule has 2 aliphatic rings. The van der Waals surface area contributed by atoms with E-state index in [1.54, 1.807) is 0 Å². The zero-order chi connectivity index (χ0) is 15.4. The molecule has 0 bridgehead atoms. The van der Waals surface area contributed by atoms with Crippen LogP contribution >= 0.6 is 0 Å². The van der Waals surface area contributed by atoms with Gasteiger partial charge in [0.05, 0.1) is 6.10 Å². The second-order valence-electron chi connectivity index (χ2n) is 6.86. The van der Waals surface area contributed by atoms with E-state index in [2.05, 4.69) is 26.9 Å². The predicted octanol–water partition coefficient (Wildman–Crippen LogP) is 2.22. The largest absolute Gasteiger partial charge is 0.422 e. The quantitative estimate of drug-likeness (QED) is 0.917. The molecule has 2 aromatic rings. The van der Waals surface area contributed by atoms with Crippen molar-refractivity contribution in [3.05, 3.63) is 11.7 Å². The summed E-state index contributed by atoms with van der Waals surface area (Å²) in [7, 11) is 2.09. The number of aliphatic hydroxyl groups is 1. The Hall–Kier alpha value is -1.69. The summed E-state index contributed by atoms with van der Waals surface area (Å²) in [5.41, 5.74) is 1.32. The molecule has 6 nitrogen and oxygen atoms in total. The van der Waals surface area contributed by atoms with Gasteiger partial charge >= 0.3 is 0 Å². The molecule has 2 saturated carbocycles. The molecular weight excluding hydrogens is 280 g/mol. The van der Waals surface area contributed by atoms with Crippen LogP contribution in [0.4, 0.5) is 5.82 Å². The molecule has 4 rings (SSSR count). The van der Waals surface area contributed by atoms with Crippen LogP contribution in [0.5, 0.6) is 0 Å². The van der Waals surface area contributed by atoms with Crippen molar-refractivity contribution in [1.29, 1.82) is 0 Å². The second kappa shape index (κ2) is 4.91. The first-order valence-electron chi connectivity index (χ1n) is 8.04. The molecule has 0 spiro atoms. The van der Waals surface area contributed by atoms with E-state index in [4.69, 9.17) is 4.42 Å². The first-order chi connectivity index (χ1) is 10.5. The summed E-state index contributed by atoms with van der Waals surface area (Å²) in [5, 5.41) is 9.80. The lowest BCUT2D eigenvalue weighted by Gasteiger charge is -2.26. The molecule has 6 heteroatoms. The van der Waals surface area contributed by atoms with E-state index in [1.807, 2.05) is 13.8 Å². The molecule has 22 heavy (non-hydrogen) atoms. The summed E-state index contributed by atoms with van der Waals surface area (Å²) in [4.78, 5) is 15.6. The molecule has 118 valence electrons. The summed E-state index contributed by atoms with van der Waals surface area (Å²) < 4.78 is 5.57. The Morgan fingerprint density at radius 1 is 1.05 bits per heavy atom. The van der Waals surface area contributed by atoms with E-state index >= 15 is 0 Å². The van der Waals surface area contributed by atoms with Crippen molar-refractivity contribution in [3.8, 4) is 0 Å². The Labute approximate surface area is 129 Å². The molecule has 2 aliphatic carbocycles. The Balaban J connectivity index is 1.65. The van der Waals surface area contributed by atoms with Crippen molar-refractivity contribution >= 4 is 17.0 Å². The van der Waals surface area contributed by atoms with Crippen molar-refractivity contribution in [1.82, 2.24) is 15.0 Å².